The Morgan fingerprint density at radius 1 is 1.18 bits per heavy atom. The van der Waals surface area contributed by atoms with Crippen LogP contribution in [-0.4, -0.2) is 45.9 Å². The van der Waals surface area contributed by atoms with E-state index in [2.05, 4.69) is 9.97 Å². The van der Waals surface area contributed by atoms with Gasteiger partial charge in [-0.25, -0.2) is 9.97 Å². The molecular formula is C16H15N3O3. The Morgan fingerprint density at radius 3 is 2.59 bits per heavy atom. The van der Waals surface area contributed by atoms with E-state index in [0.717, 1.165) is 18.4 Å². The molecule has 6 heteroatoms. The monoisotopic (exact) mass is 297 g/mol. The van der Waals surface area contributed by atoms with Crippen LogP contribution in [0.2, 0.25) is 0 Å². The molecule has 1 fully saturated rings. The number of aromatic nitrogens is 2. The highest BCUT2D eigenvalue weighted by molar-refractivity contribution is 6.20. The Hall–Kier alpha value is -2.34. The highest BCUT2D eigenvalue weighted by Gasteiger charge is 2.40. The molecule has 0 spiro atoms. The molecule has 1 aromatic heterocycles. The molecule has 0 radical (unpaired) electrons. The predicted octanol–water partition coefficient (Wildman–Crippen LogP) is 1.71. The van der Waals surface area contributed by atoms with E-state index in [-0.39, 0.29) is 35.9 Å². The van der Waals surface area contributed by atoms with E-state index in [4.69, 9.17) is 4.74 Å². The van der Waals surface area contributed by atoms with Gasteiger partial charge in [0.1, 0.15) is 0 Å². The van der Waals surface area contributed by atoms with E-state index in [1.54, 1.807) is 0 Å². The van der Waals surface area contributed by atoms with Gasteiger partial charge in [-0.1, -0.05) is 6.07 Å². The maximum Gasteiger partial charge on any atom is 0.281 e. The minimum atomic E-state index is -0.370. The first kappa shape index (κ1) is 13.3. The summed E-state index contributed by atoms with van der Waals surface area (Å²) in [6, 6.07) is 5.59. The summed E-state index contributed by atoms with van der Waals surface area (Å²) in [5, 5.41) is 0. The molecule has 1 saturated heterocycles. The lowest BCUT2D eigenvalue weighted by atomic mass is 10.2. The van der Waals surface area contributed by atoms with Crippen molar-refractivity contribution < 1.29 is 14.3 Å². The van der Waals surface area contributed by atoms with Crippen LogP contribution in [0.3, 0.4) is 0 Å². The fourth-order valence-corrected chi connectivity index (χ4v) is 2.97. The van der Waals surface area contributed by atoms with E-state index >= 15 is 0 Å². The zero-order valence-electron chi connectivity index (χ0n) is 12.2. The number of aryl methyl sites for hydroxylation is 1. The number of amides is 2. The molecule has 0 unspecified atom stereocenters. The average molecular weight is 297 g/mol. The zero-order valence-corrected chi connectivity index (χ0v) is 12.2. The smallest absolute Gasteiger partial charge is 0.281 e. The molecule has 3 heterocycles. The Balaban J connectivity index is 1.74. The molecule has 2 amide bonds. The summed E-state index contributed by atoms with van der Waals surface area (Å²) in [6.45, 7) is 2.92. The number of carbonyl (C=O) groups is 2. The number of imide groups is 1. The van der Waals surface area contributed by atoms with Gasteiger partial charge in [0.05, 0.1) is 23.7 Å². The van der Waals surface area contributed by atoms with Gasteiger partial charge in [0, 0.05) is 6.61 Å². The van der Waals surface area contributed by atoms with Crippen molar-refractivity contribution in [3.63, 3.8) is 0 Å². The minimum absolute atomic E-state index is 0.0705. The fourth-order valence-electron chi connectivity index (χ4n) is 2.97. The SMILES string of the molecule is Cc1ccc2nc3c(nc2c1)C(=O)N(C[C@@H]1CCCO1)C3=O. The van der Waals surface area contributed by atoms with Gasteiger partial charge >= 0.3 is 0 Å². The Morgan fingerprint density at radius 2 is 1.91 bits per heavy atom. The number of hydrogen-bond acceptors (Lipinski definition) is 5. The quantitative estimate of drug-likeness (QED) is 0.789. The van der Waals surface area contributed by atoms with Gasteiger partial charge in [0.25, 0.3) is 11.8 Å². The van der Waals surface area contributed by atoms with Gasteiger partial charge in [0.15, 0.2) is 11.4 Å². The van der Waals surface area contributed by atoms with E-state index in [0.29, 0.717) is 17.6 Å². The largest absolute Gasteiger partial charge is 0.376 e. The third-order valence-electron chi connectivity index (χ3n) is 4.13. The van der Waals surface area contributed by atoms with Gasteiger partial charge in [-0.3, -0.25) is 14.5 Å². The molecule has 1 aromatic carbocycles. The van der Waals surface area contributed by atoms with E-state index in [1.807, 2.05) is 25.1 Å². The molecule has 2 aliphatic rings. The first-order valence-electron chi connectivity index (χ1n) is 7.40. The highest BCUT2D eigenvalue weighted by atomic mass is 16.5. The second-order valence-corrected chi connectivity index (χ2v) is 5.77. The molecule has 0 bridgehead atoms. The van der Waals surface area contributed by atoms with Crippen molar-refractivity contribution in [2.75, 3.05) is 13.2 Å². The molecular weight excluding hydrogens is 282 g/mol. The van der Waals surface area contributed by atoms with Gasteiger partial charge < -0.3 is 4.74 Å². The number of rotatable bonds is 2. The number of nitrogens with zero attached hydrogens (tertiary/aromatic N) is 3. The first-order valence-corrected chi connectivity index (χ1v) is 7.40. The van der Waals surface area contributed by atoms with Crippen LogP contribution in [-0.2, 0) is 4.74 Å². The Labute approximate surface area is 127 Å². The van der Waals surface area contributed by atoms with Crippen molar-refractivity contribution in [3.8, 4) is 0 Å². The van der Waals surface area contributed by atoms with Crippen molar-refractivity contribution in [1.82, 2.24) is 14.9 Å². The van der Waals surface area contributed by atoms with Gasteiger partial charge in [-0.05, 0) is 37.5 Å². The maximum atomic E-state index is 12.5. The standard InChI is InChI=1S/C16H15N3O3/c1-9-4-5-11-12(7-9)18-14-13(17-11)15(20)19(16(14)21)8-10-3-2-6-22-10/h4-5,7,10H,2-3,6,8H2,1H3/t10-/m0/s1. The number of carbonyl (C=O) groups excluding carboxylic acids is 2. The summed E-state index contributed by atoms with van der Waals surface area (Å²) in [4.78, 5) is 34.8. The van der Waals surface area contributed by atoms with Crippen molar-refractivity contribution in [3.05, 3.63) is 35.2 Å². The summed E-state index contributed by atoms with van der Waals surface area (Å²) in [7, 11) is 0. The van der Waals surface area contributed by atoms with E-state index < -0.39 is 0 Å². The number of ether oxygens (including phenoxy) is 1. The number of hydrogen-bond donors (Lipinski definition) is 0. The Kier molecular flexibility index (Phi) is 2.94. The molecule has 112 valence electrons. The zero-order chi connectivity index (χ0) is 15.3. The third-order valence-corrected chi connectivity index (χ3v) is 4.13. The summed E-state index contributed by atoms with van der Waals surface area (Å²) in [5.41, 5.74) is 2.61. The molecule has 2 aromatic rings. The summed E-state index contributed by atoms with van der Waals surface area (Å²) in [5.74, 6) is -0.739. The van der Waals surface area contributed by atoms with Crippen molar-refractivity contribution >= 4 is 22.8 Å². The van der Waals surface area contributed by atoms with Crippen molar-refractivity contribution in [1.29, 1.82) is 0 Å². The van der Waals surface area contributed by atoms with E-state index in [1.165, 1.54) is 4.90 Å². The lowest BCUT2D eigenvalue weighted by molar-refractivity contribution is 0.0472. The van der Waals surface area contributed by atoms with Gasteiger partial charge in [-0.15, -0.1) is 0 Å². The third kappa shape index (κ3) is 1.99. The molecule has 6 nitrogen and oxygen atoms in total. The minimum Gasteiger partial charge on any atom is -0.376 e. The van der Waals surface area contributed by atoms with Crippen LogP contribution in [0.15, 0.2) is 18.2 Å². The van der Waals surface area contributed by atoms with Crippen molar-refractivity contribution in [2.24, 2.45) is 0 Å². The normalized spacial score (nSPS) is 21.0. The lowest BCUT2D eigenvalue weighted by Gasteiger charge is -2.17. The fraction of sp³-hybridized carbons (Fsp3) is 0.375. The molecule has 0 saturated carbocycles. The lowest BCUT2D eigenvalue weighted by Crippen LogP contribution is -2.36. The van der Waals surface area contributed by atoms with Gasteiger partial charge in [0.2, 0.25) is 0 Å². The number of benzene rings is 1. The highest BCUT2D eigenvalue weighted by Crippen LogP contribution is 2.25. The molecule has 2 aliphatic heterocycles. The second kappa shape index (κ2) is 4.84. The van der Waals surface area contributed by atoms with Crippen LogP contribution in [0.4, 0.5) is 0 Å². The molecule has 22 heavy (non-hydrogen) atoms. The van der Waals surface area contributed by atoms with E-state index in [9.17, 15) is 9.59 Å². The second-order valence-electron chi connectivity index (χ2n) is 5.77. The van der Waals surface area contributed by atoms with Crippen LogP contribution in [0.1, 0.15) is 39.4 Å². The van der Waals surface area contributed by atoms with Gasteiger partial charge in [-0.2, -0.15) is 0 Å². The van der Waals surface area contributed by atoms with Crippen LogP contribution in [0, 0.1) is 6.92 Å². The average Bonchev–Trinajstić information content (AvgIpc) is 3.09. The Bertz CT molecular complexity index is 797. The summed E-state index contributed by atoms with van der Waals surface area (Å²) >= 11 is 0. The molecule has 4 rings (SSSR count). The maximum absolute atomic E-state index is 12.5. The first-order chi connectivity index (χ1) is 10.6. The van der Waals surface area contributed by atoms with Crippen LogP contribution < -0.4 is 0 Å². The molecule has 1 atom stereocenters. The van der Waals surface area contributed by atoms with Crippen molar-refractivity contribution in [2.45, 2.75) is 25.9 Å². The summed E-state index contributed by atoms with van der Waals surface area (Å²) in [6.07, 6.45) is 1.77. The summed E-state index contributed by atoms with van der Waals surface area (Å²) < 4.78 is 5.52. The topological polar surface area (TPSA) is 72.4 Å². The van der Waals surface area contributed by atoms with Crippen LogP contribution >= 0.6 is 0 Å². The number of fused-ring (bicyclic) bond motifs is 2. The predicted molar refractivity (Wildman–Crippen MR) is 78.6 cm³/mol. The molecule has 0 N–H and O–H groups in total. The van der Waals surface area contributed by atoms with Crippen LogP contribution in [0.25, 0.3) is 11.0 Å². The molecule has 0 aliphatic carbocycles. The van der Waals surface area contributed by atoms with Crippen LogP contribution in [0.5, 0.6) is 0 Å².